The first-order chi connectivity index (χ1) is 8.53. The Labute approximate surface area is 110 Å². The van der Waals surface area contributed by atoms with Crippen molar-refractivity contribution in [1.29, 1.82) is 0 Å². The van der Waals surface area contributed by atoms with Crippen LogP contribution < -0.4 is 5.73 Å². The van der Waals surface area contributed by atoms with E-state index in [1.165, 1.54) is 0 Å². The highest BCUT2D eigenvalue weighted by atomic mass is 15.3. The molecule has 0 aliphatic carbocycles. The van der Waals surface area contributed by atoms with Gasteiger partial charge in [-0.05, 0) is 33.0 Å². The summed E-state index contributed by atoms with van der Waals surface area (Å²) in [6, 6.07) is 6.50. The number of nitrogens with two attached hydrogens (primary N) is 1. The first-order valence-corrected chi connectivity index (χ1v) is 6.58. The highest BCUT2D eigenvalue weighted by Gasteiger charge is 2.36. The molecule has 100 valence electrons. The topological polar surface area (TPSA) is 45.4 Å². The van der Waals surface area contributed by atoms with E-state index in [4.69, 9.17) is 5.73 Å². The molecule has 0 spiro atoms. The van der Waals surface area contributed by atoms with Crippen LogP contribution in [-0.2, 0) is 6.54 Å². The second-order valence-corrected chi connectivity index (χ2v) is 5.81. The fourth-order valence-electron chi connectivity index (χ4n) is 2.53. The van der Waals surface area contributed by atoms with E-state index in [0.29, 0.717) is 12.6 Å². The molecule has 0 bridgehead atoms. The quantitative estimate of drug-likeness (QED) is 0.864. The summed E-state index contributed by atoms with van der Waals surface area (Å²) in [5.74, 6) is 0. The van der Waals surface area contributed by atoms with Crippen molar-refractivity contribution in [3.8, 4) is 0 Å². The van der Waals surface area contributed by atoms with E-state index >= 15 is 0 Å². The molecule has 0 amide bonds. The Bertz CT molecular complexity index is 377. The molecule has 0 aromatic carbocycles. The fraction of sp³-hybridized carbons (Fsp3) is 0.643. The summed E-state index contributed by atoms with van der Waals surface area (Å²) in [5, 5.41) is 0. The van der Waals surface area contributed by atoms with Crippen LogP contribution in [0.15, 0.2) is 24.4 Å². The lowest BCUT2D eigenvalue weighted by atomic mass is 9.96. The van der Waals surface area contributed by atoms with Crippen molar-refractivity contribution < 1.29 is 0 Å². The molecule has 4 nitrogen and oxygen atoms in total. The molecule has 2 rings (SSSR count). The van der Waals surface area contributed by atoms with Gasteiger partial charge in [0.05, 0.1) is 5.69 Å². The summed E-state index contributed by atoms with van der Waals surface area (Å²) in [6.45, 7) is 8.21. The van der Waals surface area contributed by atoms with Crippen LogP contribution in [0.3, 0.4) is 0 Å². The van der Waals surface area contributed by atoms with Gasteiger partial charge in [-0.3, -0.25) is 14.8 Å². The van der Waals surface area contributed by atoms with Gasteiger partial charge in [0, 0.05) is 44.0 Å². The van der Waals surface area contributed by atoms with E-state index in [2.05, 4.69) is 41.7 Å². The Morgan fingerprint density at radius 2 is 2.22 bits per heavy atom. The van der Waals surface area contributed by atoms with E-state index in [1.807, 2.05) is 18.3 Å². The highest BCUT2D eigenvalue weighted by Crippen LogP contribution is 2.23. The molecule has 1 aromatic rings. The maximum Gasteiger partial charge on any atom is 0.0544 e. The minimum atomic E-state index is 0.195. The van der Waals surface area contributed by atoms with Crippen LogP contribution in [0.25, 0.3) is 0 Å². The standard InChI is InChI=1S/C14H24N4/c1-14(2)11-18(13(8-15)10-17(14)3)9-12-6-4-5-7-16-12/h4-7,13H,8-11,15H2,1-3H3. The van der Waals surface area contributed by atoms with Crippen molar-refractivity contribution in [3.05, 3.63) is 30.1 Å². The summed E-state index contributed by atoms with van der Waals surface area (Å²) in [7, 11) is 2.18. The molecule has 1 unspecified atom stereocenters. The molecule has 2 N–H and O–H groups in total. The van der Waals surface area contributed by atoms with Crippen molar-refractivity contribution >= 4 is 0 Å². The van der Waals surface area contributed by atoms with Gasteiger partial charge in [0.25, 0.3) is 0 Å². The maximum atomic E-state index is 5.91. The highest BCUT2D eigenvalue weighted by molar-refractivity contribution is 5.05. The van der Waals surface area contributed by atoms with E-state index in [-0.39, 0.29) is 5.54 Å². The zero-order valence-corrected chi connectivity index (χ0v) is 11.6. The van der Waals surface area contributed by atoms with Crippen LogP contribution in [0, 0.1) is 0 Å². The summed E-state index contributed by atoms with van der Waals surface area (Å²) in [4.78, 5) is 9.28. The number of pyridine rings is 1. The molecule has 1 fully saturated rings. The third-order valence-electron chi connectivity index (χ3n) is 3.99. The number of piperazine rings is 1. The minimum Gasteiger partial charge on any atom is -0.329 e. The molecule has 4 heteroatoms. The number of hydrogen-bond donors (Lipinski definition) is 1. The average Bonchev–Trinajstić information content (AvgIpc) is 2.34. The van der Waals surface area contributed by atoms with E-state index in [1.54, 1.807) is 0 Å². The normalized spacial score (nSPS) is 25.2. The Hall–Kier alpha value is -0.970. The Morgan fingerprint density at radius 3 is 2.83 bits per heavy atom. The Morgan fingerprint density at radius 1 is 1.44 bits per heavy atom. The molecule has 1 aliphatic heterocycles. The first kappa shape index (κ1) is 13.5. The first-order valence-electron chi connectivity index (χ1n) is 6.58. The second-order valence-electron chi connectivity index (χ2n) is 5.81. The van der Waals surface area contributed by atoms with Crippen LogP contribution in [-0.4, -0.2) is 53.0 Å². The Kier molecular flexibility index (Phi) is 4.00. The fourth-order valence-corrected chi connectivity index (χ4v) is 2.53. The van der Waals surface area contributed by atoms with Gasteiger partial charge in [0.15, 0.2) is 0 Å². The van der Waals surface area contributed by atoms with Crippen LogP contribution in [0.4, 0.5) is 0 Å². The molecular weight excluding hydrogens is 224 g/mol. The minimum absolute atomic E-state index is 0.195. The molecule has 0 saturated carbocycles. The monoisotopic (exact) mass is 248 g/mol. The lowest BCUT2D eigenvalue weighted by molar-refractivity contribution is -0.00316. The van der Waals surface area contributed by atoms with Gasteiger partial charge in [-0.2, -0.15) is 0 Å². The van der Waals surface area contributed by atoms with Gasteiger partial charge in [-0.15, -0.1) is 0 Å². The van der Waals surface area contributed by atoms with Crippen molar-refractivity contribution in [2.45, 2.75) is 32.0 Å². The van der Waals surface area contributed by atoms with Gasteiger partial charge in [-0.25, -0.2) is 0 Å². The number of nitrogens with zero attached hydrogens (tertiary/aromatic N) is 3. The van der Waals surface area contributed by atoms with E-state index in [9.17, 15) is 0 Å². The lowest BCUT2D eigenvalue weighted by Crippen LogP contribution is -2.63. The molecule has 1 saturated heterocycles. The molecule has 18 heavy (non-hydrogen) atoms. The van der Waals surface area contributed by atoms with Crippen molar-refractivity contribution in [2.24, 2.45) is 5.73 Å². The third kappa shape index (κ3) is 2.88. The molecular formula is C14H24N4. The average molecular weight is 248 g/mol. The van der Waals surface area contributed by atoms with Crippen molar-refractivity contribution in [1.82, 2.24) is 14.8 Å². The van der Waals surface area contributed by atoms with Crippen LogP contribution >= 0.6 is 0 Å². The van der Waals surface area contributed by atoms with Gasteiger partial charge in [-0.1, -0.05) is 6.07 Å². The molecule has 0 radical (unpaired) electrons. The SMILES string of the molecule is CN1CC(CN)N(Cc2ccccn2)CC1(C)C. The molecule has 1 aliphatic rings. The molecule has 1 atom stereocenters. The lowest BCUT2D eigenvalue weighted by Gasteiger charge is -2.49. The van der Waals surface area contributed by atoms with E-state index < -0.39 is 0 Å². The summed E-state index contributed by atoms with van der Waals surface area (Å²) >= 11 is 0. The maximum absolute atomic E-state index is 5.91. The van der Waals surface area contributed by atoms with Gasteiger partial charge in [0.1, 0.15) is 0 Å². The molecule has 1 aromatic heterocycles. The van der Waals surface area contributed by atoms with Crippen LogP contribution in [0.2, 0.25) is 0 Å². The van der Waals surface area contributed by atoms with Crippen molar-refractivity contribution in [3.63, 3.8) is 0 Å². The summed E-state index contributed by atoms with van der Waals surface area (Å²) < 4.78 is 0. The van der Waals surface area contributed by atoms with Gasteiger partial charge < -0.3 is 5.73 Å². The number of aromatic nitrogens is 1. The third-order valence-corrected chi connectivity index (χ3v) is 3.99. The predicted molar refractivity (Wildman–Crippen MR) is 74.2 cm³/mol. The number of likely N-dealkylation sites (N-methyl/N-ethyl adjacent to an activating group) is 1. The smallest absolute Gasteiger partial charge is 0.0544 e. The summed E-state index contributed by atoms with van der Waals surface area (Å²) in [6.07, 6.45) is 1.86. The summed E-state index contributed by atoms with van der Waals surface area (Å²) in [5.41, 5.74) is 7.23. The zero-order chi connectivity index (χ0) is 13.2. The van der Waals surface area contributed by atoms with Crippen molar-refractivity contribution in [2.75, 3.05) is 26.7 Å². The van der Waals surface area contributed by atoms with Crippen LogP contribution in [0.5, 0.6) is 0 Å². The second kappa shape index (κ2) is 5.34. The van der Waals surface area contributed by atoms with Gasteiger partial charge >= 0.3 is 0 Å². The van der Waals surface area contributed by atoms with Crippen LogP contribution in [0.1, 0.15) is 19.5 Å². The predicted octanol–water partition coefficient (Wildman–Crippen LogP) is 0.935. The number of rotatable bonds is 3. The van der Waals surface area contributed by atoms with Gasteiger partial charge in [0.2, 0.25) is 0 Å². The Balaban J connectivity index is 2.10. The largest absolute Gasteiger partial charge is 0.329 e. The zero-order valence-electron chi connectivity index (χ0n) is 11.6. The molecule has 2 heterocycles. The number of hydrogen-bond acceptors (Lipinski definition) is 4. The van der Waals surface area contributed by atoms with E-state index in [0.717, 1.165) is 25.3 Å².